The van der Waals surface area contributed by atoms with E-state index >= 15 is 0 Å². The number of carbonyl (C=O) groups excluding carboxylic acids is 1. The molecule has 0 spiro atoms. The fourth-order valence-electron chi connectivity index (χ4n) is 2.85. The van der Waals surface area contributed by atoms with Crippen LogP contribution in [0.25, 0.3) is 0 Å². The molecule has 0 bridgehead atoms. The van der Waals surface area contributed by atoms with Gasteiger partial charge in [0.2, 0.25) is 0 Å². The van der Waals surface area contributed by atoms with Crippen molar-refractivity contribution >= 4 is 22.9 Å². The lowest BCUT2D eigenvalue weighted by atomic mass is 10.2. The molecule has 1 saturated heterocycles. The Morgan fingerprint density at radius 1 is 1.21 bits per heavy atom. The van der Waals surface area contributed by atoms with E-state index in [1.807, 2.05) is 28.5 Å². The molecule has 1 aliphatic rings. The monoisotopic (exact) mass is 345 g/mol. The van der Waals surface area contributed by atoms with E-state index in [0.29, 0.717) is 24.7 Å². The van der Waals surface area contributed by atoms with E-state index in [0.717, 1.165) is 29.5 Å². The molecule has 24 heavy (non-hydrogen) atoms. The van der Waals surface area contributed by atoms with Gasteiger partial charge in [-0.25, -0.2) is 4.98 Å². The number of nitrogens with zero attached hydrogens (tertiary/aromatic N) is 3. The zero-order valence-corrected chi connectivity index (χ0v) is 15.2. The Morgan fingerprint density at radius 3 is 2.54 bits per heavy atom. The zero-order chi connectivity index (χ0) is 17.1. The lowest BCUT2D eigenvalue weighted by molar-refractivity contribution is 0.0741. The molecule has 2 heterocycles. The van der Waals surface area contributed by atoms with Crippen molar-refractivity contribution in [2.24, 2.45) is 0 Å². The summed E-state index contributed by atoms with van der Waals surface area (Å²) in [5, 5.41) is 2.90. The molecular weight excluding hydrogens is 322 g/mol. The van der Waals surface area contributed by atoms with Crippen LogP contribution in [0.3, 0.4) is 0 Å². The van der Waals surface area contributed by atoms with Gasteiger partial charge in [0.25, 0.3) is 5.91 Å². The van der Waals surface area contributed by atoms with Crippen LogP contribution in [0.4, 0.5) is 5.69 Å². The standard InChI is InChI=1S/C18H23N3O2S/c1-13(2)17-19-14(12-24-17)18(22)21-10-8-20(9-11-21)15-6-4-5-7-16(15)23-3/h4-7,12-13H,8-11H2,1-3H3. The minimum atomic E-state index is 0.0397. The summed E-state index contributed by atoms with van der Waals surface area (Å²) in [6.45, 7) is 7.19. The molecule has 0 radical (unpaired) electrons. The highest BCUT2D eigenvalue weighted by Crippen LogP contribution is 2.28. The third-order valence-corrected chi connectivity index (χ3v) is 5.37. The van der Waals surface area contributed by atoms with Crippen molar-refractivity contribution in [1.82, 2.24) is 9.88 Å². The average Bonchev–Trinajstić information content (AvgIpc) is 3.11. The van der Waals surface area contributed by atoms with Crippen LogP contribution >= 0.6 is 11.3 Å². The molecule has 0 atom stereocenters. The van der Waals surface area contributed by atoms with Gasteiger partial charge in [-0.3, -0.25) is 4.79 Å². The largest absolute Gasteiger partial charge is 0.495 e. The molecule has 0 saturated carbocycles. The van der Waals surface area contributed by atoms with Crippen LogP contribution < -0.4 is 9.64 Å². The lowest BCUT2D eigenvalue weighted by Crippen LogP contribution is -2.49. The van der Waals surface area contributed by atoms with Crippen LogP contribution in [0, 0.1) is 0 Å². The number of amides is 1. The molecule has 2 aromatic rings. The molecule has 5 nitrogen and oxygen atoms in total. The average molecular weight is 345 g/mol. The van der Waals surface area contributed by atoms with Gasteiger partial charge in [-0.15, -0.1) is 11.3 Å². The van der Waals surface area contributed by atoms with Gasteiger partial charge in [0.05, 0.1) is 17.8 Å². The summed E-state index contributed by atoms with van der Waals surface area (Å²) in [6.07, 6.45) is 0. The molecule has 6 heteroatoms. The van der Waals surface area contributed by atoms with Gasteiger partial charge in [0.15, 0.2) is 0 Å². The zero-order valence-electron chi connectivity index (χ0n) is 14.4. The van der Waals surface area contributed by atoms with Gasteiger partial charge >= 0.3 is 0 Å². The molecule has 0 aliphatic carbocycles. The first-order valence-corrected chi connectivity index (χ1v) is 9.10. The summed E-state index contributed by atoms with van der Waals surface area (Å²) < 4.78 is 5.44. The summed E-state index contributed by atoms with van der Waals surface area (Å²) in [7, 11) is 1.69. The molecular formula is C18H23N3O2S. The van der Waals surface area contributed by atoms with Gasteiger partial charge in [0, 0.05) is 37.5 Å². The summed E-state index contributed by atoms with van der Waals surface area (Å²) in [5.74, 6) is 1.27. The van der Waals surface area contributed by atoms with Gasteiger partial charge in [-0.1, -0.05) is 26.0 Å². The third kappa shape index (κ3) is 3.38. The minimum Gasteiger partial charge on any atom is -0.495 e. The first-order chi connectivity index (χ1) is 11.6. The Kier molecular flexibility index (Phi) is 5.04. The van der Waals surface area contributed by atoms with E-state index in [1.165, 1.54) is 0 Å². The van der Waals surface area contributed by atoms with Gasteiger partial charge < -0.3 is 14.5 Å². The number of anilines is 1. The van der Waals surface area contributed by atoms with E-state index < -0.39 is 0 Å². The maximum atomic E-state index is 12.6. The van der Waals surface area contributed by atoms with Crippen molar-refractivity contribution in [2.45, 2.75) is 19.8 Å². The highest BCUT2D eigenvalue weighted by Gasteiger charge is 2.25. The fraction of sp³-hybridized carbons (Fsp3) is 0.444. The van der Waals surface area contributed by atoms with Crippen molar-refractivity contribution in [3.63, 3.8) is 0 Å². The number of para-hydroxylation sites is 2. The second kappa shape index (κ2) is 7.21. The second-order valence-corrected chi connectivity index (χ2v) is 7.07. The number of carbonyl (C=O) groups is 1. The summed E-state index contributed by atoms with van der Waals surface area (Å²) in [6, 6.07) is 8.01. The smallest absolute Gasteiger partial charge is 0.273 e. The highest BCUT2D eigenvalue weighted by molar-refractivity contribution is 7.09. The van der Waals surface area contributed by atoms with Crippen LogP contribution in [0.2, 0.25) is 0 Å². The summed E-state index contributed by atoms with van der Waals surface area (Å²) in [4.78, 5) is 21.3. The van der Waals surface area contributed by atoms with Crippen molar-refractivity contribution in [1.29, 1.82) is 0 Å². The number of rotatable bonds is 4. The van der Waals surface area contributed by atoms with Crippen LogP contribution in [0.1, 0.15) is 35.3 Å². The topological polar surface area (TPSA) is 45.7 Å². The number of methoxy groups -OCH3 is 1. The van der Waals surface area contributed by atoms with Crippen molar-refractivity contribution in [2.75, 3.05) is 38.2 Å². The number of hydrogen-bond donors (Lipinski definition) is 0. The third-order valence-electron chi connectivity index (χ3n) is 4.23. The number of benzene rings is 1. The van der Waals surface area contributed by atoms with Crippen LogP contribution in [-0.4, -0.2) is 49.1 Å². The van der Waals surface area contributed by atoms with Gasteiger partial charge in [-0.2, -0.15) is 0 Å². The molecule has 1 aliphatic heterocycles. The van der Waals surface area contributed by atoms with Crippen molar-refractivity contribution in [3.8, 4) is 5.75 Å². The molecule has 1 aromatic heterocycles. The van der Waals surface area contributed by atoms with Gasteiger partial charge in [0.1, 0.15) is 11.4 Å². The summed E-state index contributed by atoms with van der Waals surface area (Å²) >= 11 is 1.57. The summed E-state index contributed by atoms with van der Waals surface area (Å²) in [5.41, 5.74) is 1.66. The molecule has 1 amide bonds. The Balaban J connectivity index is 1.65. The van der Waals surface area contributed by atoms with E-state index in [2.05, 4.69) is 29.8 Å². The number of hydrogen-bond acceptors (Lipinski definition) is 5. The van der Waals surface area contributed by atoms with E-state index in [9.17, 15) is 4.79 Å². The van der Waals surface area contributed by atoms with Crippen LogP contribution in [-0.2, 0) is 0 Å². The molecule has 1 aromatic carbocycles. The molecule has 3 rings (SSSR count). The van der Waals surface area contributed by atoms with Gasteiger partial charge in [-0.05, 0) is 12.1 Å². The molecule has 0 N–H and O–H groups in total. The Hall–Kier alpha value is -2.08. The van der Waals surface area contributed by atoms with Crippen molar-refractivity contribution < 1.29 is 9.53 Å². The maximum absolute atomic E-state index is 12.6. The number of piperazine rings is 1. The first kappa shape index (κ1) is 16.8. The van der Waals surface area contributed by atoms with Crippen molar-refractivity contribution in [3.05, 3.63) is 40.3 Å². The molecule has 128 valence electrons. The number of ether oxygens (including phenoxy) is 1. The second-order valence-electron chi connectivity index (χ2n) is 6.18. The SMILES string of the molecule is COc1ccccc1N1CCN(C(=O)c2csc(C(C)C)n2)CC1. The predicted octanol–water partition coefficient (Wildman–Crippen LogP) is 3.24. The quantitative estimate of drug-likeness (QED) is 0.853. The molecule has 0 unspecified atom stereocenters. The Labute approximate surface area is 146 Å². The lowest BCUT2D eigenvalue weighted by Gasteiger charge is -2.36. The van der Waals surface area contributed by atoms with E-state index in [1.54, 1.807) is 18.4 Å². The van der Waals surface area contributed by atoms with Crippen LogP contribution in [0.5, 0.6) is 5.75 Å². The number of aromatic nitrogens is 1. The Morgan fingerprint density at radius 2 is 1.92 bits per heavy atom. The minimum absolute atomic E-state index is 0.0397. The maximum Gasteiger partial charge on any atom is 0.273 e. The van der Waals surface area contributed by atoms with Crippen LogP contribution in [0.15, 0.2) is 29.6 Å². The van der Waals surface area contributed by atoms with E-state index in [4.69, 9.17) is 4.74 Å². The van der Waals surface area contributed by atoms with E-state index in [-0.39, 0.29) is 5.91 Å². The molecule has 1 fully saturated rings. The fourth-order valence-corrected chi connectivity index (χ4v) is 3.66. The highest BCUT2D eigenvalue weighted by atomic mass is 32.1. The first-order valence-electron chi connectivity index (χ1n) is 8.23. The normalized spacial score (nSPS) is 15.0. The Bertz CT molecular complexity index is 706. The predicted molar refractivity (Wildman–Crippen MR) is 97.3 cm³/mol. The number of thiazole rings is 1.